The molecular weight excluding hydrogens is 226 g/mol. The van der Waals surface area contributed by atoms with E-state index in [4.69, 9.17) is 0 Å². The van der Waals surface area contributed by atoms with Crippen LogP contribution in [0.2, 0.25) is 0 Å². The third-order valence-electron chi connectivity index (χ3n) is 2.42. The summed E-state index contributed by atoms with van der Waals surface area (Å²) in [5.41, 5.74) is 0.199. The van der Waals surface area contributed by atoms with E-state index in [-0.39, 0.29) is 24.6 Å². The summed E-state index contributed by atoms with van der Waals surface area (Å²) in [5, 5.41) is 2.61. The number of anilines is 1. The van der Waals surface area contributed by atoms with Crippen molar-refractivity contribution in [2.75, 3.05) is 26.0 Å². The van der Waals surface area contributed by atoms with Crippen LogP contribution in [0.15, 0.2) is 12.1 Å². The normalized spacial score (nSPS) is 10.2. The quantitative estimate of drug-likeness (QED) is 0.877. The van der Waals surface area contributed by atoms with E-state index < -0.39 is 11.6 Å². The lowest BCUT2D eigenvalue weighted by atomic mass is 10.2. The Bertz CT molecular complexity index is 419. The minimum absolute atomic E-state index is 0.0917. The van der Waals surface area contributed by atoms with Gasteiger partial charge >= 0.3 is 0 Å². The molecule has 0 aliphatic carbocycles. The van der Waals surface area contributed by atoms with Gasteiger partial charge in [-0.05, 0) is 18.6 Å². The molecule has 1 amide bonds. The fourth-order valence-electron chi connectivity index (χ4n) is 1.34. The van der Waals surface area contributed by atoms with Crippen LogP contribution in [0, 0.1) is 18.6 Å². The molecule has 0 aliphatic heterocycles. The second-order valence-electron chi connectivity index (χ2n) is 4.02. The number of hydrogen-bond donors (Lipinski definition) is 1. The molecule has 1 aromatic rings. The van der Waals surface area contributed by atoms with Gasteiger partial charge in [0.05, 0.1) is 0 Å². The zero-order chi connectivity index (χ0) is 13.0. The summed E-state index contributed by atoms with van der Waals surface area (Å²) >= 11 is 0. The van der Waals surface area contributed by atoms with E-state index >= 15 is 0 Å². The maximum atomic E-state index is 13.5. The number of hydrogen-bond acceptors (Lipinski definition) is 2. The fraction of sp³-hybridized carbons (Fsp3) is 0.417. The Hall–Kier alpha value is -1.65. The van der Waals surface area contributed by atoms with Crippen molar-refractivity contribution in [3.05, 3.63) is 29.3 Å². The number of halogens is 2. The highest BCUT2D eigenvalue weighted by atomic mass is 19.1. The van der Waals surface area contributed by atoms with Crippen LogP contribution in [-0.2, 0) is 4.79 Å². The molecule has 0 aliphatic rings. The molecule has 0 aromatic heterocycles. The number of carbonyl (C=O) groups is 1. The molecule has 0 atom stereocenters. The molecule has 1 aromatic carbocycles. The van der Waals surface area contributed by atoms with Crippen LogP contribution in [-0.4, -0.2) is 31.4 Å². The Morgan fingerprint density at radius 1 is 1.35 bits per heavy atom. The summed E-state index contributed by atoms with van der Waals surface area (Å²) < 4.78 is 26.9. The van der Waals surface area contributed by atoms with Crippen LogP contribution in [0.4, 0.5) is 14.5 Å². The highest BCUT2D eigenvalue weighted by Gasteiger charge is 2.11. The first-order valence-corrected chi connectivity index (χ1v) is 5.32. The lowest BCUT2D eigenvalue weighted by Crippen LogP contribution is -2.24. The van der Waals surface area contributed by atoms with Gasteiger partial charge in [-0.1, -0.05) is 6.07 Å². The van der Waals surface area contributed by atoms with Gasteiger partial charge in [-0.25, -0.2) is 8.78 Å². The summed E-state index contributed by atoms with van der Waals surface area (Å²) in [6.45, 7) is 1.76. The van der Waals surface area contributed by atoms with Crippen LogP contribution < -0.4 is 5.32 Å². The molecule has 0 fully saturated rings. The second-order valence-corrected chi connectivity index (χ2v) is 4.02. The van der Waals surface area contributed by atoms with Crippen LogP contribution in [0.25, 0.3) is 0 Å². The molecule has 0 bridgehead atoms. The standard InChI is InChI=1S/C12H16F2N2O/c1-8-4-5-9(13)12(11(8)14)15-7-6-10(17)16(2)3/h4-5,15H,6-7H2,1-3H3. The molecular formula is C12H16F2N2O. The molecule has 1 rings (SSSR count). The summed E-state index contributed by atoms with van der Waals surface area (Å²) in [4.78, 5) is 12.7. The van der Waals surface area contributed by atoms with Gasteiger partial charge in [0.15, 0.2) is 5.82 Å². The average molecular weight is 242 g/mol. The third kappa shape index (κ3) is 3.41. The molecule has 0 saturated carbocycles. The highest BCUT2D eigenvalue weighted by molar-refractivity contribution is 5.76. The lowest BCUT2D eigenvalue weighted by Gasteiger charge is -2.12. The van der Waals surface area contributed by atoms with E-state index in [0.29, 0.717) is 5.56 Å². The van der Waals surface area contributed by atoms with Gasteiger partial charge in [-0.2, -0.15) is 0 Å². The number of rotatable bonds is 4. The maximum absolute atomic E-state index is 13.5. The van der Waals surface area contributed by atoms with Crippen molar-refractivity contribution in [2.24, 2.45) is 0 Å². The molecule has 0 unspecified atom stereocenters. The van der Waals surface area contributed by atoms with Crippen molar-refractivity contribution in [3.8, 4) is 0 Å². The Labute approximate surface area is 99.4 Å². The smallest absolute Gasteiger partial charge is 0.223 e. The largest absolute Gasteiger partial charge is 0.380 e. The lowest BCUT2D eigenvalue weighted by molar-refractivity contribution is -0.128. The first-order valence-electron chi connectivity index (χ1n) is 5.32. The predicted molar refractivity (Wildman–Crippen MR) is 62.9 cm³/mol. The number of aryl methyl sites for hydroxylation is 1. The van der Waals surface area contributed by atoms with Gasteiger partial charge < -0.3 is 10.2 Å². The molecule has 17 heavy (non-hydrogen) atoms. The van der Waals surface area contributed by atoms with E-state index in [1.165, 1.54) is 17.0 Å². The number of carbonyl (C=O) groups excluding carboxylic acids is 1. The van der Waals surface area contributed by atoms with E-state index in [9.17, 15) is 13.6 Å². The van der Waals surface area contributed by atoms with Crippen LogP contribution in [0.3, 0.4) is 0 Å². The first kappa shape index (κ1) is 13.4. The Morgan fingerprint density at radius 3 is 2.59 bits per heavy atom. The molecule has 94 valence electrons. The van der Waals surface area contributed by atoms with E-state index in [2.05, 4.69) is 5.32 Å². The Morgan fingerprint density at radius 2 is 2.00 bits per heavy atom. The zero-order valence-electron chi connectivity index (χ0n) is 10.2. The Balaban J connectivity index is 2.64. The van der Waals surface area contributed by atoms with Gasteiger partial charge in [0.2, 0.25) is 5.91 Å². The summed E-state index contributed by atoms with van der Waals surface area (Å²) in [5.74, 6) is -1.35. The van der Waals surface area contributed by atoms with Crippen LogP contribution in [0.5, 0.6) is 0 Å². The molecule has 0 heterocycles. The van der Waals surface area contributed by atoms with Gasteiger partial charge in [0.25, 0.3) is 0 Å². The van der Waals surface area contributed by atoms with Crippen molar-refractivity contribution in [2.45, 2.75) is 13.3 Å². The molecule has 3 nitrogen and oxygen atoms in total. The van der Waals surface area contributed by atoms with Crippen LogP contribution in [0.1, 0.15) is 12.0 Å². The molecule has 5 heteroatoms. The summed E-state index contributed by atoms with van der Waals surface area (Å²) in [6.07, 6.45) is 0.194. The summed E-state index contributed by atoms with van der Waals surface area (Å²) in [6, 6.07) is 2.58. The average Bonchev–Trinajstić information content (AvgIpc) is 2.28. The molecule has 1 N–H and O–H groups in total. The maximum Gasteiger partial charge on any atom is 0.223 e. The van der Waals surface area contributed by atoms with Gasteiger partial charge in [0, 0.05) is 27.1 Å². The van der Waals surface area contributed by atoms with Crippen molar-refractivity contribution in [3.63, 3.8) is 0 Å². The number of amides is 1. The van der Waals surface area contributed by atoms with E-state index in [0.717, 1.165) is 0 Å². The van der Waals surface area contributed by atoms with Gasteiger partial charge in [-0.3, -0.25) is 4.79 Å². The first-order chi connectivity index (χ1) is 7.93. The number of nitrogens with zero attached hydrogens (tertiary/aromatic N) is 1. The monoisotopic (exact) mass is 242 g/mol. The van der Waals surface area contributed by atoms with Gasteiger partial charge in [0.1, 0.15) is 11.5 Å². The SMILES string of the molecule is Cc1ccc(F)c(NCCC(=O)N(C)C)c1F. The fourth-order valence-corrected chi connectivity index (χ4v) is 1.34. The summed E-state index contributed by atoms with van der Waals surface area (Å²) in [7, 11) is 3.27. The topological polar surface area (TPSA) is 32.3 Å². The Kier molecular flexibility index (Phi) is 4.43. The minimum Gasteiger partial charge on any atom is -0.380 e. The highest BCUT2D eigenvalue weighted by Crippen LogP contribution is 2.21. The van der Waals surface area contributed by atoms with E-state index in [1.54, 1.807) is 21.0 Å². The molecule has 0 saturated heterocycles. The van der Waals surface area contributed by atoms with Crippen molar-refractivity contribution in [1.82, 2.24) is 4.90 Å². The second kappa shape index (κ2) is 5.61. The van der Waals surface area contributed by atoms with Crippen LogP contribution >= 0.6 is 0 Å². The predicted octanol–water partition coefficient (Wildman–Crippen LogP) is 2.16. The minimum atomic E-state index is -0.648. The number of nitrogens with one attached hydrogen (secondary N) is 1. The van der Waals surface area contributed by atoms with Gasteiger partial charge in [-0.15, -0.1) is 0 Å². The number of benzene rings is 1. The van der Waals surface area contributed by atoms with E-state index in [1.807, 2.05) is 0 Å². The zero-order valence-corrected chi connectivity index (χ0v) is 10.2. The molecule has 0 spiro atoms. The third-order valence-corrected chi connectivity index (χ3v) is 2.42. The van der Waals surface area contributed by atoms with Crippen molar-refractivity contribution in [1.29, 1.82) is 0 Å². The molecule has 0 radical (unpaired) electrons. The van der Waals surface area contributed by atoms with Crippen molar-refractivity contribution < 1.29 is 13.6 Å². The van der Waals surface area contributed by atoms with Crippen molar-refractivity contribution >= 4 is 11.6 Å².